The van der Waals surface area contributed by atoms with Crippen LogP contribution in [0.25, 0.3) is 0 Å². The minimum atomic E-state index is -0.455. The van der Waals surface area contributed by atoms with E-state index in [2.05, 4.69) is 16.7 Å². The molecular weight excluding hydrogens is 442 g/mol. The molecule has 1 aliphatic heterocycles. The van der Waals surface area contributed by atoms with Gasteiger partial charge in [-0.05, 0) is 55.2 Å². The second kappa shape index (κ2) is 9.64. The second-order valence-corrected chi connectivity index (χ2v) is 9.26. The topological polar surface area (TPSA) is 82.0 Å². The molecule has 5 nitrogen and oxygen atoms in total. The Labute approximate surface area is 196 Å². The largest absolute Gasteiger partial charge is 0.352 e. The van der Waals surface area contributed by atoms with Crippen LogP contribution in [0.1, 0.15) is 36.3 Å². The summed E-state index contributed by atoms with van der Waals surface area (Å²) in [6.45, 7) is 1.97. The number of nitriles is 1. The smallest absolute Gasteiger partial charge is 0.234 e. The summed E-state index contributed by atoms with van der Waals surface area (Å²) < 4.78 is 0. The van der Waals surface area contributed by atoms with Crippen molar-refractivity contribution in [3.8, 4) is 6.07 Å². The number of carbonyl (C=O) groups excluding carboxylic acids is 2. The molecule has 0 fully saturated rings. The van der Waals surface area contributed by atoms with Gasteiger partial charge < -0.3 is 10.6 Å². The zero-order valence-electron chi connectivity index (χ0n) is 17.6. The van der Waals surface area contributed by atoms with Crippen molar-refractivity contribution >= 4 is 40.7 Å². The molecule has 1 heterocycles. The van der Waals surface area contributed by atoms with Crippen molar-refractivity contribution in [2.45, 2.75) is 32.1 Å². The van der Waals surface area contributed by atoms with E-state index in [0.29, 0.717) is 27.6 Å². The normalized spacial score (nSPS) is 18.0. The lowest BCUT2D eigenvalue weighted by molar-refractivity contribution is -0.116. The van der Waals surface area contributed by atoms with Crippen LogP contribution in [0.5, 0.6) is 0 Å². The number of amides is 1. The first-order chi connectivity index (χ1) is 15.5. The van der Waals surface area contributed by atoms with Crippen LogP contribution in [0, 0.1) is 18.3 Å². The first-order valence-electron chi connectivity index (χ1n) is 10.4. The van der Waals surface area contributed by atoms with E-state index < -0.39 is 5.92 Å². The Morgan fingerprint density at radius 3 is 2.75 bits per heavy atom. The molecule has 2 aromatic carbocycles. The summed E-state index contributed by atoms with van der Waals surface area (Å²) in [7, 11) is 0. The molecule has 1 aliphatic carbocycles. The van der Waals surface area contributed by atoms with Crippen molar-refractivity contribution in [2.75, 3.05) is 11.1 Å². The van der Waals surface area contributed by atoms with Crippen LogP contribution < -0.4 is 10.6 Å². The molecule has 7 heteroatoms. The Morgan fingerprint density at radius 2 is 2.03 bits per heavy atom. The highest BCUT2D eigenvalue weighted by Crippen LogP contribution is 2.44. The SMILES string of the molecule is Cc1cccc(NC(=O)CSC2=C(C#N)C(c3ccc(Cl)cc3)C3=C(CCCC3=O)N2)c1. The first kappa shape index (κ1) is 22.2. The quantitative estimate of drug-likeness (QED) is 0.616. The zero-order chi connectivity index (χ0) is 22.7. The summed E-state index contributed by atoms with van der Waals surface area (Å²) in [5.41, 5.74) is 4.60. The van der Waals surface area contributed by atoms with E-state index in [1.807, 2.05) is 43.3 Å². The third-order valence-corrected chi connectivity index (χ3v) is 6.78. The molecule has 32 heavy (non-hydrogen) atoms. The molecule has 0 radical (unpaired) electrons. The second-order valence-electron chi connectivity index (χ2n) is 7.84. The maximum absolute atomic E-state index is 12.8. The molecule has 0 bridgehead atoms. The molecule has 2 aliphatic rings. The molecule has 0 spiro atoms. The van der Waals surface area contributed by atoms with E-state index in [4.69, 9.17) is 11.6 Å². The molecule has 0 saturated heterocycles. The summed E-state index contributed by atoms with van der Waals surface area (Å²) >= 11 is 7.34. The van der Waals surface area contributed by atoms with Gasteiger partial charge in [0.15, 0.2) is 5.78 Å². The number of halogens is 1. The van der Waals surface area contributed by atoms with Gasteiger partial charge in [-0.15, -0.1) is 0 Å². The van der Waals surface area contributed by atoms with Gasteiger partial charge >= 0.3 is 0 Å². The molecule has 0 saturated carbocycles. The van der Waals surface area contributed by atoms with Crippen molar-refractivity contribution < 1.29 is 9.59 Å². The lowest BCUT2D eigenvalue weighted by atomic mass is 9.77. The highest BCUT2D eigenvalue weighted by molar-refractivity contribution is 8.03. The van der Waals surface area contributed by atoms with Gasteiger partial charge in [0, 0.05) is 28.4 Å². The Kier molecular flexibility index (Phi) is 6.69. The highest BCUT2D eigenvalue weighted by Gasteiger charge is 2.37. The van der Waals surface area contributed by atoms with E-state index in [0.717, 1.165) is 35.4 Å². The monoisotopic (exact) mass is 463 g/mol. The number of rotatable bonds is 5. The Hall–Kier alpha value is -3.01. The van der Waals surface area contributed by atoms with E-state index >= 15 is 0 Å². The molecule has 1 unspecified atom stereocenters. The minimum Gasteiger partial charge on any atom is -0.352 e. The highest BCUT2D eigenvalue weighted by atomic mass is 35.5. The van der Waals surface area contributed by atoms with E-state index in [-0.39, 0.29) is 17.4 Å². The summed E-state index contributed by atoms with van der Waals surface area (Å²) in [6.07, 6.45) is 1.99. The van der Waals surface area contributed by atoms with Crippen LogP contribution in [0.4, 0.5) is 5.69 Å². The van der Waals surface area contributed by atoms with Gasteiger partial charge in [-0.2, -0.15) is 5.26 Å². The lowest BCUT2D eigenvalue weighted by Gasteiger charge is -2.33. The van der Waals surface area contributed by atoms with Gasteiger partial charge in [-0.25, -0.2) is 0 Å². The summed E-state index contributed by atoms with van der Waals surface area (Å²) in [5, 5.41) is 17.4. The number of anilines is 1. The Morgan fingerprint density at radius 1 is 1.25 bits per heavy atom. The van der Waals surface area contributed by atoms with Crippen molar-refractivity contribution in [3.63, 3.8) is 0 Å². The van der Waals surface area contributed by atoms with E-state index in [1.54, 1.807) is 12.1 Å². The number of ketones is 1. The standard InChI is InChI=1S/C25H22ClN3O2S/c1-15-4-2-5-18(12-15)28-22(31)14-32-25-19(13-27)23(16-8-10-17(26)11-9-16)24-20(29-25)6-3-7-21(24)30/h2,4-5,8-12,23,29H,3,6-7,14H2,1H3,(H,28,31). The fraction of sp³-hybridized carbons (Fsp3) is 0.240. The van der Waals surface area contributed by atoms with Gasteiger partial charge in [-0.3, -0.25) is 9.59 Å². The summed E-state index contributed by atoms with van der Waals surface area (Å²) in [6, 6.07) is 17.1. The first-order valence-corrected chi connectivity index (χ1v) is 11.7. The molecule has 1 amide bonds. The van der Waals surface area contributed by atoms with Gasteiger partial charge in [0.2, 0.25) is 5.91 Å². The van der Waals surface area contributed by atoms with E-state index in [9.17, 15) is 14.9 Å². The van der Waals surface area contributed by atoms with Crippen LogP contribution in [-0.2, 0) is 9.59 Å². The maximum atomic E-state index is 12.8. The van der Waals surface area contributed by atoms with Crippen molar-refractivity contribution in [3.05, 3.63) is 86.6 Å². The third-order valence-electron chi connectivity index (χ3n) is 5.52. The van der Waals surface area contributed by atoms with Crippen LogP contribution in [-0.4, -0.2) is 17.4 Å². The number of nitrogens with one attached hydrogen (secondary N) is 2. The van der Waals surface area contributed by atoms with Crippen LogP contribution in [0.15, 0.2) is 70.4 Å². The summed E-state index contributed by atoms with van der Waals surface area (Å²) in [4.78, 5) is 25.4. The van der Waals surface area contributed by atoms with Crippen molar-refractivity contribution in [2.24, 2.45) is 0 Å². The number of thioether (sulfide) groups is 1. The van der Waals surface area contributed by atoms with Crippen molar-refractivity contribution in [1.29, 1.82) is 5.26 Å². The molecule has 162 valence electrons. The predicted molar refractivity (Wildman–Crippen MR) is 128 cm³/mol. The van der Waals surface area contributed by atoms with E-state index in [1.165, 1.54) is 11.8 Å². The van der Waals surface area contributed by atoms with Gasteiger partial charge in [0.25, 0.3) is 0 Å². The summed E-state index contributed by atoms with van der Waals surface area (Å²) in [5.74, 6) is -0.406. The molecule has 2 aromatic rings. The average molecular weight is 464 g/mol. The number of Topliss-reactive ketones (excluding diaryl/α,β-unsaturated/α-hetero) is 1. The molecule has 2 N–H and O–H groups in total. The Balaban J connectivity index is 1.61. The number of dihydropyridines is 1. The lowest BCUT2D eigenvalue weighted by Crippen LogP contribution is -2.31. The number of nitrogens with zero attached hydrogens (tertiary/aromatic N) is 1. The molecule has 4 rings (SSSR count). The minimum absolute atomic E-state index is 0.0627. The number of hydrogen-bond acceptors (Lipinski definition) is 5. The van der Waals surface area contributed by atoms with Gasteiger partial charge in [0.05, 0.1) is 28.3 Å². The van der Waals surface area contributed by atoms with Crippen LogP contribution in [0.3, 0.4) is 0 Å². The Bertz CT molecular complexity index is 1180. The molecule has 1 atom stereocenters. The average Bonchev–Trinajstić information content (AvgIpc) is 2.77. The zero-order valence-corrected chi connectivity index (χ0v) is 19.1. The van der Waals surface area contributed by atoms with Gasteiger partial charge in [-0.1, -0.05) is 47.6 Å². The number of carbonyl (C=O) groups is 2. The van der Waals surface area contributed by atoms with Crippen LogP contribution >= 0.6 is 23.4 Å². The third kappa shape index (κ3) is 4.74. The predicted octanol–water partition coefficient (Wildman–Crippen LogP) is 5.45. The maximum Gasteiger partial charge on any atom is 0.234 e. The molecular formula is C25H22ClN3O2S. The number of benzene rings is 2. The van der Waals surface area contributed by atoms with Gasteiger partial charge in [0.1, 0.15) is 0 Å². The fourth-order valence-electron chi connectivity index (χ4n) is 4.08. The molecule has 0 aromatic heterocycles. The number of allylic oxidation sites excluding steroid dienone is 3. The van der Waals surface area contributed by atoms with Crippen molar-refractivity contribution in [1.82, 2.24) is 5.32 Å². The van der Waals surface area contributed by atoms with Crippen LogP contribution in [0.2, 0.25) is 5.02 Å². The number of aryl methyl sites for hydroxylation is 1. The fourth-order valence-corrected chi connectivity index (χ4v) is 5.07. The number of hydrogen-bond donors (Lipinski definition) is 2.